The van der Waals surface area contributed by atoms with Crippen LogP contribution in [0.15, 0.2) is 33.2 Å². The molecule has 0 saturated heterocycles. The second kappa shape index (κ2) is 6.39. The zero-order chi connectivity index (χ0) is 12.3. The van der Waals surface area contributed by atoms with Gasteiger partial charge < -0.3 is 0 Å². The minimum absolute atomic E-state index is 0.00596. The first kappa shape index (κ1) is 14.5. The molecule has 0 bridgehead atoms. The molecule has 0 aliphatic carbocycles. The van der Waals surface area contributed by atoms with Crippen LogP contribution in [0.3, 0.4) is 0 Å². The Balaban J connectivity index is 3.11. The predicted octanol–water partition coefficient (Wildman–Crippen LogP) is 6.37. The third-order valence-electron chi connectivity index (χ3n) is 1.72. The topological polar surface area (TPSA) is 0 Å². The van der Waals surface area contributed by atoms with Gasteiger partial charge in [-0.25, -0.2) is 0 Å². The number of halogens is 6. The molecule has 0 atom stereocenters. The minimum atomic E-state index is 0.00596. The van der Waals surface area contributed by atoms with Crippen LogP contribution in [0.1, 0.15) is 11.1 Å². The van der Waals surface area contributed by atoms with Gasteiger partial charge in [0.05, 0.1) is 10.1 Å². The zero-order valence-corrected chi connectivity index (χ0v) is 12.1. The number of hydrogen-bond donors (Lipinski definition) is 0. The zero-order valence-electron chi connectivity index (χ0n) is 7.58. The molecule has 0 spiro atoms. The van der Waals surface area contributed by atoms with Crippen molar-refractivity contribution in [2.24, 2.45) is 0 Å². The van der Waals surface area contributed by atoms with Crippen molar-refractivity contribution in [1.82, 2.24) is 0 Å². The molecule has 0 unspecified atom stereocenters. The van der Waals surface area contributed by atoms with E-state index >= 15 is 0 Å². The summed E-state index contributed by atoms with van der Waals surface area (Å²) >= 11 is 33.9. The van der Waals surface area contributed by atoms with Crippen LogP contribution in [0.2, 0.25) is 0 Å². The smallest absolute Gasteiger partial charge is 0.0811 e. The fourth-order valence-corrected chi connectivity index (χ4v) is 1.67. The van der Waals surface area contributed by atoms with Crippen LogP contribution in [0, 0.1) is 0 Å². The molecule has 86 valence electrons. The summed E-state index contributed by atoms with van der Waals surface area (Å²) in [4.78, 5) is 0. The van der Waals surface area contributed by atoms with Crippen LogP contribution in [0.5, 0.6) is 0 Å². The molecule has 0 amide bonds. The van der Waals surface area contributed by atoms with Crippen molar-refractivity contribution >= 4 is 79.7 Å². The van der Waals surface area contributed by atoms with Gasteiger partial charge in [-0.2, -0.15) is 0 Å². The van der Waals surface area contributed by atoms with E-state index in [0.717, 1.165) is 0 Å². The number of benzene rings is 1. The largest absolute Gasteiger partial charge is 0.126 e. The minimum Gasteiger partial charge on any atom is -0.0811 e. The first-order valence-electron chi connectivity index (χ1n) is 3.96. The van der Waals surface area contributed by atoms with E-state index in [4.69, 9.17) is 69.6 Å². The highest BCUT2D eigenvalue weighted by molar-refractivity contribution is 6.67. The highest BCUT2D eigenvalue weighted by Crippen LogP contribution is 2.31. The first-order valence-corrected chi connectivity index (χ1v) is 6.22. The lowest BCUT2D eigenvalue weighted by atomic mass is 10.1. The van der Waals surface area contributed by atoms with Crippen molar-refractivity contribution in [1.29, 1.82) is 0 Å². The van der Waals surface area contributed by atoms with E-state index in [2.05, 4.69) is 0 Å². The third-order valence-corrected chi connectivity index (χ3v) is 3.68. The Labute approximate surface area is 123 Å². The average Bonchev–Trinajstić information content (AvgIpc) is 2.27. The normalized spacial score (nSPS) is 9.88. The van der Waals surface area contributed by atoms with Gasteiger partial charge in [0.25, 0.3) is 0 Å². The maximum absolute atomic E-state index is 5.85. The molecule has 16 heavy (non-hydrogen) atoms. The second-order valence-electron chi connectivity index (χ2n) is 2.73. The summed E-state index contributed by atoms with van der Waals surface area (Å²) in [6.45, 7) is 0. The van der Waals surface area contributed by atoms with Gasteiger partial charge in [0.15, 0.2) is 0 Å². The number of hydrogen-bond acceptors (Lipinski definition) is 0. The Hall–Kier alpha value is 0.440. The van der Waals surface area contributed by atoms with Crippen molar-refractivity contribution in [3.63, 3.8) is 0 Å². The molecule has 0 N–H and O–H groups in total. The Morgan fingerprint density at radius 3 is 1.00 bits per heavy atom. The van der Waals surface area contributed by atoms with Crippen LogP contribution < -0.4 is 0 Å². The lowest BCUT2D eigenvalue weighted by Crippen LogP contribution is -1.81. The van der Waals surface area contributed by atoms with Crippen LogP contribution in [-0.2, 0) is 0 Å². The van der Waals surface area contributed by atoms with Crippen LogP contribution >= 0.6 is 69.6 Å². The van der Waals surface area contributed by atoms with E-state index in [1.165, 1.54) is 0 Å². The van der Waals surface area contributed by atoms with E-state index in [0.29, 0.717) is 11.1 Å². The van der Waals surface area contributed by atoms with Gasteiger partial charge in [-0.3, -0.25) is 0 Å². The molecule has 0 heterocycles. The summed E-state index contributed by atoms with van der Waals surface area (Å²) in [5.74, 6) is 0. The van der Waals surface area contributed by atoms with Crippen molar-refractivity contribution < 1.29 is 0 Å². The van der Waals surface area contributed by atoms with E-state index in [1.54, 1.807) is 24.3 Å². The van der Waals surface area contributed by atoms with Crippen LogP contribution in [-0.4, -0.2) is 0 Å². The monoisotopic (exact) mass is 334 g/mol. The SMILES string of the molecule is ClC(Cl)=C(Cl)c1ccc(C(Cl)=C(Cl)Cl)cc1. The Morgan fingerprint density at radius 1 is 0.562 bits per heavy atom. The summed E-state index contributed by atoms with van der Waals surface area (Å²) in [6.07, 6.45) is 0. The number of rotatable bonds is 2. The summed E-state index contributed by atoms with van der Waals surface area (Å²) in [6, 6.07) is 6.84. The molecule has 0 aliphatic heterocycles. The summed E-state index contributed by atoms with van der Waals surface area (Å²) < 4.78 is 0.0119. The van der Waals surface area contributed by atoms with Crippen molar-refractivity contribution in [2.75, 3.05) is 0 Å². The van der Waals surface area contributed by atoms with E-state index in [1.807, 2.05) is 0 Å². The Bertz CT molecular complexity index is 392. The summed E-state index contributed by atoms with van der Waals surface area (Å²) in [5.41, 5.74) is 1.36. The lowest BCUT2D eigenvalue weighted by molar-refractivity contribution is 1.60. The molecule has 0 aliphatic rings. The average molecular weight is 337 g/mol. The maximum Gasteiger partial charge on any atom is 0.126 e. The molecule has 6 heteroatoms. The highest BCUT2D eigenvalue weighted by Gasteiger charge is 2.06. The van der Waals surface area contributed by atoms with Gasteiger partial charge in [-0.1, -0.05) is 93.9 Å². The highest BCUT2D eigenvalue weighted by atomic mass is 35.5. The van der Waals surface area contributed by atoms with Gasteiger partial charge in [0.1, 0.15) is 8.98 Å². The van der Waals surface area contributed by atoms with Crippen molar-refractivity contribution in [2.45, 2.75) is 0 Å². The summed E-state index contributed by atoms with van der Waals surface area (Å²) in [5, 5.41) is 0.541. The van der Waals surface area contributed by atoms with E-state index in [9.17, 15) is 0 Å². The maximum atomic E-state index is 5.85. The quantitative estimate of drug-likeness (QED) is 0.588. The standard InChI is InChI=1S/C10H4Cl6/c11-7(9(13)14)5-1-2-6(4-3-5)8(12)10(15)16/h1-4H. The first-order chi connectivity index (χ1) is 7.43. The van der Waals surface area contributed by atoms with E-state index in [-0.39, 0.29) is 19.0 Å². The van der Waals surface area contributed by atoms with Crippen molar-refractivity contribution in [3.8, 4) is 0 Å². The molecular weight excluding hydrogens is 333 g/mol. The molecule has 0 radical (unpaired) electrons. The van der Waals surface area contributed by atoms with Crippen LogP contribution in [0.25, 0.3) is 10.1 Å². The van der Waals surface area contributed by atoms with Gasteiger partial charge >= 0.3 is 0 Å². The fraction of sp³-hybridized carbons (Fsp3) is 0. The van der Waals surface area contributed by atoms with Gasteiger partial charge in [0, 0.05) is 0 Å². The Kier molecular flexibility index (Phi) is 5.79. The predicted molar refractivity (Wildman–Crippen MR) is 75.4 cm³/mol. The third kappa shape index (κ3) is 3.73. The van der Waals surface area contributed by atoms with Gasteiger partial charge in [-0.05, 0) is 11.1 Å². The van der Waals surface area contributed by atoms with Crippen LogP contribution in [0.4, 0.5) is 0 Å². The van der Waals surface area contributed by atoms with Crippen molar-refractivity contribution in [3.05, 3.63) is 44.4 Å². The molecule has 1 aromatic rings. The molecule has 0 aromatic heterocycles. The Morgan fingerprint density at radius 2 is 0.812 bits per heavy atom. The summed E-state index contributed by atoms with van der Waals surface area (Å²) in [7, 11) is 0. The molecule has 1 rings (SSSR count). The molecule has 0 fully saturated rings. The van der Waals surface area contributed by atoms with Gasteiger partial charge in [0.2, 0.25) is 0 Å². The molecule has 0 saturated carbocycles. The second-order valence-corrected chi connectivity index (χ2v) is 5.38. The lowest BCUT2D eigenvalue weighted by Gasteiger charge is -2.03. The fourth-order valence-electron chi connectivity index (χ4n) is 0.981. The van der Waals surface area contributed by atoms with E-state index < -0.39 is 0 Å². The van der Waals surface area contributed by atoms with Gasteiger partial charge in [-0.15, -0.1) is 0 Å². The molecular formula is C10H4Cl6. The molecule has 1 aromatic carbocycles. The molecule has 0 nitrogen and oxygen atoms in total.